The maximum Gasteiger partial charge on any atom is 0.251 e. The van der Waals surface area contributed by atoms with Crippen molar-refractivity contribution in [3.63, 3.8) is 0 Å². The summed E-state index contributed by atoms with van der Waals surface area (Å²) in [5, 5.41) is 2.94. The lowest BCUT2D eigenvalue weighted by Gasteiger charge is -2.11. The molecule has 1 amide bonds. The average molecular weight is 401 g/mol. The number of hydrogen-bond acceptors (Lipinski definition) is 4. The number of hydrogen-bond donors (Lipinski definition) is 1. The van der Waals surface area contributed by atoms with Crippen LogP contribution in [-0.2, 0) is 6.54 Å². The van der Waals surface area contributed by atoms with E-state index in [2.05, 4.69) is 29.4 Å². The number of imidazole rings is 1. The van der Waals surface area contributed by atoms with Crippen LogP contribution in [0.5, 0.6) is 11.5 Å². The predicted molar refractivity (Wildman–Crippen MR) is 117 cm³/mol. The molecule has 0 saturated carbocycles. The zero-order chi connectivity index (χ0) is 21.1. The lowest BCUT2D eigenvalue weighted by molar-refractivity contribution is 0.0951. The number of benzene rings is 3. The van der Waals surface area contributed by atoms with Gasteiger partial charge < -0.3 is 14.8 Å². The molecule has 152 valence electrons. The molecule has 0 aliphatic heterocycles. The second kappa shape index (κ2) is 8.29. The Bertz CT molecular complexity index is 1210. The maximum atomic E-state index is 12.7. The van der Waals surface area contributed by atoms with Gasteiger partial charge in [-0.1, -0.05) is 12.1 Å². The maximum absolute atomic E-state index is 12.7. The van der Waals surface area contributed by atoms with E-state index in [1.165, 1.54) is 5.56 Å². The van der Waals surface area contributed by atoms with Gasteiger partial charge in [-0.3, -0.25) is 9.36 Å². The summed E-state index contributed by atoms with van der Waals surface area (Å²) in [5.74, 6) is 1.21. The summed E-state index contributed by atoms with van der Waals surface area (Å²) in [5.41, 5.74) is 5.38. The van der Waals surface area contributed by atoms with E-state index in [1.54, 1.807) is 26.6 Å². The fourth-order valence-corrected chi connectivity index (χ4v) is 3.41. The minimum absolute atomic E-state index is 0.167. The summed E-state index contributed by atoms with van der Waals surface area (Å²) in [4.78, 5) is 17.2. The van der Waals surface area contributed by atoms with Gasteiger partial charge in [0.1, 0.15) is 17.8 Å². The third-order valence-electron chi connectivity index (χ3n) is 5.02. The number of amides is 1. The quantitative estimate of drug-likeness (QED) is 0.524. The van der Waals surface area contributed by atoms with Crippen LogP contribution in [-0.4, -0.2) is 29.7 Å². The van der Waals surface area contributed by atoms with E-state index in [4.69, 9.17) is 9.47 Å². The Morgan fingerprint density at radius 3 is 2.67 bits per heavy atom. The molecule has 0 bridgehead atoms. The topological polar surface area (TPSA) is 65.4 Å². The second-order valence-electron chi connectivity index (χ2n) is 7.02. The van der Waals surface area contributed by atoms with Crippen LogP contribution in [0, 0.1) is 6.92 Å². The number of carbonyl (C=O) groups excluding carboxylic acids is 1. The Morgan fingerprint density at radius 1 is 1.03 bits per heavy atom. The molecule has 6 heteroatoms. The van der Waals surface area contributed by atoms with Crippen molar-refractivity contribution in [2.75, 3.05) is 14.2 Å². The number of fused-ring (bicyclic) bond motifs is 1. The number of aromatic nitrogens is 2. The summed E-state index contributed by atoms with van der Waals surface area (Å²) in [7, 11) is 3.20. The number of rotatable bonds is 6. The molecule has 1 aromatic heterocycles. The van der Waals surface area contributed by atoms with Crippen molar-refractivity contribution in [1.29, 1.82) is 0 Å². The smallest absolute Gasteiger partial charge is 0.251 e. The van der Waals surface area contributed by atoms with Crippen molar-refractivity contribution < 1.29 is 14.3 Å². The third kappa shape index (κ3) is 3.85. The van der Waals surface area contributed by atoms with Crippen LogP contribution >= 0.6 is 0 Å². The van der Waals surface area contributed by atoms with Gasteiger partial charge in [-0.25, -0.2) is 4.98 Å². The molecular formula is C24H23N3O3. The highest BCUT2D eigenvalue weighted by atomic mass is 16.5. The molecule has 4 rings (SSSR count). The van der Waals surface area contributed by atoms with Crippen molar-refractivity contribution in [2.45, 2.75) is 13.5 Å². The van der Waals surface area contributed by atoms with E-state index in [-0.39, 0.29) is 5.91 Å². The SMILES string of the molecule is COc1ccc(CNC(=O)c2ccc3c(c2)ncn3-c2cccc(C)c2)c(OC)c1. The summed E-state index contributed by atoms with van der Waals surface area (Å²) in [6.45, 7) is 2.41. The Hall–Kier alpha value is -3.80. The number of carbonyl (C=O) groups is 1. The van der Waals surface area contributed by atoms with E-state index in [0.29, 0.717) is 23.6 Å². The van der Waals surface area contributed by atoms with Crippen LogP contribution in [0.15, 0.2) is 67.0 Å². The molecule has 0 unspecified atom stereocenters. The van der Waals surface area contributed by atoms with Gasteiger partial charge in [0.15, 0.2) is 0 Å². The number of ether oxygens (including phenoxy) is 2. The van der Waals surface area contributed by atoms with Gasteiger partial charge in [0, 0.05) is 29.4 Å². The number of nitrogens with zero attached hydrogens (tertiary/aromatic N) is 2. The second-order valence-corrected chi connectivity index (χ2v) is 7.02. The van der Waals surface area contributed by atoms with Crippen molar-refractivity contribution in [1.82, 2.24) is 14.9 Å². The van der Waals surface area contributed by atoms with E-state index in [0.717, 1.165) is 22.3 Å². The summed E-state index contributed by atoms with van der Waals surface area (Å²) < 4.78 is 12.6. The first kappa shape index (κ1) is 19.5. The van der Waals surface area contributed by atoms with E-state index >= 15 is 0 Å². The Balaban J connectivity index is 1.53. The zero-order valence-corrected chi connectivity index (χ0v) is 17.2. The average Bonchev–Trinajstić information content (AvgIpc) is 3.20. The number of nitrogens with one attached hydrogen (secondary N) is 1. The third-order valence-corrected chi connectivity index (χ3v) is 5.02. The first-order chi connectivity index (χ1) is 14.6. The molecule has 30 heavy (non-hydrogen) atoms. The van der Waals surface area contributed by atoms with Crippen LogP contribution in [0.3, 0.4) is 0 Å². The highest BCUT2D eigenvalue weighted by molar-refractivity contribution is 5.97. The molecule has 0 aliphatic carbocycles. The van der Waals surface area contributed by atoms with Gasteiger partial charge in [-0.15, -0.1) is 0 Å². The summed E-state index contributed by atoms with van der Waals surface area (Å²) in [6.07, 6.45) is 1.78. The Morgan fingerprint density at radius 2 is 1.90 bits per heavy atom. The minimum Gasteiger partial charge on any atom is -0.497 e. The lowest BCUT2D eigenvalue weighted by atomic mass is 10.1. The molecule has 0 fully saturated rings. The molecule has 3 aromatic carbocycles. The largest absolute Gasteiger partial charge is 0.497 e. The highest BCUT2D eigenvalue weighted by Crippen LogP contribution is 2.25. The highest BCUT2D eigenvalue weighted by Gasteiger charge is 2.12. The van der Waals surface area contributed by atoms with Gasteiger partial charge in [0.05, 0.1) is 25.3 Å². The Kier molecular flexibility index (Phi) is 5.39. The van der Waals surface area contributed by atoms with Gasteiger partial charge in [0.25, 0.3) is 5.91 Å². The molecule has 0 spiro atoms. The standard InChI is InChI=1S/C24H23N3O3/c1-16-5-4-6-19(11-16)27-15-26-21-12-17(8-10-22(21)27)24(28)25-14-18-7-9-20(29-2)13-23(18)30-3/h4-13,15H,14H2,1-3H3,(H,25,28). The van der Waals surface area contributed by atoms with Crippen LogP contribution in [0.2, 0.25) is 0 Å². The molecule has 6 nitrogen and oxygen atoms in total. The van der Waals surface area contributed by atoms with Gasteiger partial charge >= 0.3 is 0 Å². The van der Waals surface area contributed by atoms with Crippen molar-refractivity contribution >= 4 is 16.9 Å². The van der Waals surface area contributed by atoms with E-state index in [9.17, 15) is 4.79 Å². The van der Waals surface area contributed by atoms with E-state index in [1.807, 2.05) is 47.0 Å². The van der Waals surface area contributed by atoms with Crippen LogP contribution < -0.4 is 14.8 Å². The molecule has 1 heterocycles. The van der Waals surface area contributed by atoms with Gasteiger partial charge in [-0.05, 0) is 55.0 Å². The molecule has 0 aliphatic rings. The first-order valence-corrected chi connectivity index (χ1v) is 9.62. The predicted octanol–water partition coefficient (Wildman–Crippen LogP) is 4.28. The fraction of sp³-hybridized carbons (Fsp3) is 0.167. The molecule has 0 atom stereocenters. The zero-order valence-electron chi connectivity index (χ0n) is 17.2. The molecular weight excluding hydrogens is 378 g/mol. The Labute approximate surface area is 175 Å². The molecule has 0 saturated heterocycles. The summed E-state index contributed by atoms with van der Waals surface area (Å²) in [6, 6.07) is 19.3. The van der Waals surface area contributed by atoms with Crippen molar-refractivity contribution in [2.24, 2.45) is 0 Å². The normalized spacial score (nSPS) is 10.8. The fourth-order valence-electron chi connectivity index (χ4n) is 3.41. The molecule has 1 N–H and O–H groups in total. The van der Waals surface area contributed by atoms with Crippen LogP contribution in [0.25, 0.3) is 16.7 Å². The van der Waals surface area contributed by atoms with Gasteiger partial charge in [0.2, 0.25) is 0 Å². The number of methoxy groups -OCH3 is 2. The van der Waals surface area contributed by atoms with Crippen LogP contribution in [0.1, 0.15) is 21.5 Å². The van der Waals surface area contributed by atoms with Crippen molar-refractivity contribution in [3.05, 3.63) is 83.7 Å². The monoisotopic (exact) mass is 401 g/mol. The van der Waals surface area contributed by atoms with Crippen molar-refractivity contribution in [3.8, 4) is 17.2 Å². The summed E-state index contributed by atoms with van der Waals surface area (Å²) >= 11 is 0. The van der Waals surface area contributed by atoms with Gasteiger partial charge in [-0.2, -0.15) is 0 Å². The number of aryl methyl sites for hydroxylation is 1. The first-order valence-electron chi connectivity index (χ1n) is 9.62. The minimum atomic E-state index is -0.167. The molecule has 4 aromatic rings. The molecule has 0 radical (unpaired) electrons. The van der Waals surface area contributed by atoms with E-state index < -0.39 is 0 Å². The van der Waals surface area contributed by atoms with Crippen LogP contribution in [0.4, 0.5) is 0 Å². The lowest BCUT2D eigenvalue weighted by Crippen LogP contribution is -2.23.